The molecule has 0 aliphatic heterocycles. The number of likely N-dealkylation sites (N-methyl/N-ethyl adjacent to an activating group) is 1. The number of anilines is 1. The fraction of sp³-hybridized carbons (Fsp3) is 0.310. The smallest absolute Gasteiger partial charge is 0.244 e. The Labute approximate surface area is 220 Å². The molecule has 3 aromatic carbocycles. The summed E-state index contributed by atoms with van der Waals surface area (Å²) in [4.78, 5) is 28.6. The number of sulfonamides is 1. The highest BCUT2D eigenvalue weighted by Gasteiger charge is 2.33. The van der Waals surface area contributed by atoms with Crippen LogP contribution >= 0.6 is 0 Å². The number of nitrogens with one attached hydrogen (secondary N) is 1. The topological polar surface area (TPSA) is 86.8 Å². The molecule has 1 atom stereocenters. The first-order valence-corrected chi connectivity index (χ1v) is 14.2. The van der Waals surface area contributed by atoms with Crippen LogP contribution in [0.25, 0.3) is 0 Å². The minimum Gasteiger partial charge on any atom is -0.357 e. The summed E-state index contributed by atoms with van der Waals surface area (Å²) in [5.74, 6) is -0.769. The predicted octanol–water partition coefficient (Wildman–Crippen LogP) is 3.71. The molecule has 2 amide bonds. The number of nitrogens with zero attached hydrogens (tertiary/aromatic N) is 2. The third kappa shape index (κ3) is 7.20. The highest BCUT2D eigenvalue weighted by atomic mass is 32.2. The van der Waals surface area contributed by atoms with Crippen molar-refractivity contribution in [3.05, 3.63) is 101 Å². The van der Waals surface area contributed by atoms with Crippen molar-refractivity contribution >= 4 is 27.5 Å². The summed E-state index contributed by atoms with van der Waals surface area (Å²) in [5, 5.41) is 2.69. The van der Waals surface area contributed by atoms with Crippen molar-refractivity contribution in [2.75, 3.05) is 24.2 Å². The second kappa shape index (κ2) is 12.5. The molecule has 0 aromatic heterocycles. The van der Waals surface area contributed by atoms with Gasteiger partial charge >= 0.3 is 0 Å². The Morgan fingerprint density at radius 2 is 1.49 bits per heavy atom. The van der Waals surface area contributed by atoms with Gasteiger partial charge in [0.1, 0.15) is 12.6 Å². The van der Waals surface area contributed by atoms with Crippen LogP contribution in [0.15, 0.2) is 78.9 Å². The summed E-state index contributed by atoms with van der Waals surface area (Å²) >= 11 is 0. The number of rotatable bonds is 11. The lowest BCUT2D eigenvalue weighted by atomic mass is 10.0. The van der Waals surface area contributed by atoms with E-state index in [0.29, 0.717) is 18.5 Å². The summed E-state index contributed by atoms with van der Waals surface area (Å²) in [6.07, 6.45) is 2.00. The summed E-state index contributed by atoms with van der Waals surface area (Å²) in [5.41, 5.74) is 4.05. The van der Waals surface area contributed by atoms with E-state index in [2.05, 4.69) is 5.32 Å². The number of hydrogen-bond donors (Lipinski definition) is 1. The first-order chi connectivity index (χ1) is 17.7. The Hall–Kier alpha value is -3.65. The average Bonchev–Trinajstić information content (AvgIpc) is 2.89. The molecular formula is C29H35N3O4S. The lowest BCUT2D eigenvalue weighted by molar-refractivity contribution is -0.139. The van der Waals surface area contributed by atoms with Crippen LogP contribution in [0.2, 0.25) is 0 Å². The molecule has 7 nitrogen and oxygen atoms in total. The molecule has 0 fully saturated rings. The van der Waals surface area contributed by atoms with Gasteiger partial charge in [0.15, 0.2) is 0 Å². The van der Waals surface area contributed by atoms with Gasteiger partial charge in [-0.2, -0.15) is 0 Å². The van der Waals surface area contributed by atoms with Crippen molar-refractivity contribution in [2.45, 2.75) is 39.3 Å². The molecule has 0 unspecified atom stereocenters. The Morgan fingerprint density at radius 3 is 2.08 bits per heavy atom. The van der Waals surface area contributed by atoms with Gasteiger partial charge in [0, 0.05) is 20.0 Å². The summed E-state index contributed by atoms with van der Waals surface area (Å²) < 4.78 is 26.9. The molecule has 1 N–H and O–H groups in total. The maximum absolute atomic E-state index is 14.0. The maximum atomic E-state index is 14.0. The number of amides is 2. The SMILES string of the molecule is CCc1ccccc1N(CC(=O)N(Cc1ccccc1C)[C@H](Cc1ccccc1)C(=O)NC)S(C)(=O)=O. The van der Waals surface area contributed by atoms with Crippen LogP contribution in [0, 0.1) is 6.92 Å². The van der Waals surface area contributed by atoms with Gasteiger partial charge in [-0.05, 0) is 41.7 Å². The minimum absolute atomic E-state index is 0.170. The number of hydrogen-bond acceptors (Lipinski definition) is 4. The molecule has 8 heteroatoms. The number of carbonyl (C=O) groups is 2. The molecule has 0 radical (unpaired) electrons. The van der Waals surface area contributed by atoms with Crippen LogP contribution in [-0.2, 0) is 39.0 Å². The highest BCUT2D eigenvalue weighted by molar-refractivity contribution is 7.92. The molecule has 0 aliphatic rings. The molecule has 0 saturated carbocycles. The maximum Gasteiger partial charge on any atom is 0.244 e. The summed E-state index contributed by atoms with van der Waals surface area (Å²) in [7, 11) is -2.25. The monoisotopic (exact) mass is 521 g/mol. The van der Waals surface area contributed by atoms with Crippen LogP contribution in [0.1, 0.15) is 29.2 Å². The van der Waals surface area contributed by atoms with Crippen LogP contribution in [0.3, 0.4) is 0 Å². The van der Waals surface area contributed by atoms with Crippen LogP contribution < -0.4 is 9.62 Å². The van der Waals surface area contributed by atoms with Gasteiger partial charge in [0.2, 0.25) is 21.8 Å². The van der Waals surface area contributed by atoms with E-state index in [0.717, 1.165) is 32.8 Å². The van der Waals surface area contributed by atoms with Crippen molar-refractivity contribution in [3.8, 4) is 0 Å². The van der Waals surface area contributed by atoms with Crippen LogP contribution in [0.5, 0.6) is 0 Å². The third-order valence-corrected chi connectivity index (χ3v) is 7.57. The highest BCUT2D eigenvalue weighted by Crippen LogP contribution is 2.25. The predicted molar refractivity (Wildman–Crippen MR) is 148 cm³/mol. The van der Waals surface area contributed by atoms with Crippen molar-refractivity contribution in [1.82, 2.24) is 10.2 Å². The van der Waals surface area contributed by atoms with E-state index in [1.165, 1.54) is 11.9 Å². The van der Waals surface area contributed by atoms with E-state index in [1.807, 2.05) is 80.6 Å². The lowest BCUT2D eigenvalue weighted by Crippen LogP contribution is -2.53. The molecule has 0 saturated heterocycles. The van der Waals surface area contributed by atoms with Gasteiger partial charge in [-0.3, -0.25) is 13.9 Å². The van der Waals surface area contributed by atoms with E-state index in [4.69, 9.17) is 0 Å². The number of carbonyl (C=O) groups excluding carboxylic acids is 2. The Balaban J connectivity index is 2.06. The van der Waals surface area contributed by atoms with E-state index >= 15 is 0 Å². The molecule has 3 aromatic rings. The fourth-order valence-corrected chi connectivity index (χ4v) is 5.22. The molecule has 0 aliphatic carbocycles. The van der Waals surface area contributed by atoms with E-state index in [1.54, 1.807) is 12.1 Å². The van der Waals surface area contributed by atoms with Gasteiger partial charge in [-0.1, -0.05) is 79.7 Å². The number of benzene rings is 3. The van der Waals surface area contributed by atoms with E-state index in [-0.39, 0.29) is 12.5 Å². The zero-order valence-electron chi connectivity index (χ0n) is 21.8. The molecule has 0 spiro atoms. The molecular weight excluding hydrogens is 486 g/mol. The van der Waals surface area contributed by atoms with Gasteiger partial charge in [0.05, 0.1) is 11.9 Å². The van der Waals surface area contributed by atoms with E-state index < -0.39 is 28.5 Å². The molecule has 37 heavy (non-hydrogen) atoms. The molecule has 0 heterocycles. The largest absolute Gasteiger partial charge is 0.357 e. The second-order valence-electron chi connectivity index (χ2n) is 9.02. The molecule has 0 bridgehead atoms. The van der Waals surface area contributed by atoms with Crippen molar-refractivity contribution < 1.29 is 18.0 Å². The fourth-order valence-electron chi connectivity index (χ4n) is 4.34. The van der Waals surface area contributed by atoms with Gasteiger partial charge < -0.3 is 10.2 Å². The average molecular weight is 522 g/mol. The Morgan fingerprint density at radius 1 is 0.892 bits per heavy atom. The molecule has 196 valence electrons. The standard InChI is InChI=1S/C29H35N3O4S/c1-5-24-16-11-12-18-26(24)32(37(4,35)36)21-28(33)31(20-25-17-10-9-13-22(25)2)27(29(34)30-3)19-23-14-7-6-8-15-23/h6-18,27H,5,19-21H2,1-4H3,(H,30,34)/t27-/m1/s1. The quantitative estimate of drug-likeness (QED) is 0.417. The number of aryl methyl sites for hydroxylation is 2. The Kier molecular flexibility index (Phi) is 9.47. The van der Waals surface area contributed by atoms with Crippen molar-refractivity contribution in [3.63, 3.8) is 0 Å². The lowest BCUT2D eigenvalue weighted by Gasteiger charge is -2.34. The van der Waals surface area contributed by atoms with Gasteiger partial charge in [-0.15, -0.1) is 0 Å². The van der Waals surface area contributed by atoms with Crippen LogP contribution in [0.4, 0.5) is 5.69 Å². The van der Waals surface area contributed by atoms with Crippen molar-refractivity contribution in [2.24, 2.45) is 0 Å². The first-order valence-electron chi connectivity index (χ1n) is 12.3. The second-order valence-corrected chi connectivity index (χ2v) is 10.9. The first kappa shape index (κ1) is 27.9. The normalized spacial score (nSPS) is 12.0. The van der Waals surface area contributed by atoms with Crippen LogP contribution in [-0.4, -0.2) is 51.0 Å². The van der Waals surface area contributed by atoms with Crippen molar-refractivity contribution in [1.29, 1.82) is 0 Å². The summed E-state index contributed by atoms with van der Waals surface area (Å²) in [6, 6.07) is 23.5. The Bertz CT molecular complexity index is 1330. The van der Waals surface area contributed by atoms with Gasteiger partial charge in [0.25, 0.3) is 0 Å². The number of para-hydroxylation sites is 1. The summed E-state index contributed by atoms with van der Waals surface area (Å²) in [6.45, 7) is 3.64. The minimum atomic E-state index is -3.79. The molecule has 3 rings (SSSR count). The third-order valence-electron chi connectivity index (χ3n) is 6.44. The zero-order chi connectivity index (χ0) is 27.0. The van der Waals surface area contributed by atoms with Gasteiger partial charge in [-0.25, -0.2) is 8.42 Å². The zero-order valence-corrected chi connectivity index (χ0v) is 22.7. The van der Waals surface area contributed by atoms with E-state index in [9.17, 15) is 18.0 Å².